The van der Waals surface area contributed by atoms with Crippen molar-refractivity contribution in [2.24, 2.45) is 5.92 Å². The fourth-order valence-electron chi connectivity index (χ4n) is 2.72. The maximum atomic E-state index is 12.3. The fourth-order valence-corrected chi connectivity index (χ4v) is 3.92. The monoisotopic (exact) mass is 383 g/mol. The zero-order valence-electron chi connectivity index (χ0n) is 13.4. The zero-order valence-corrected chi connectivity index (χ0v) is 15.7. The molecule has 0 radical (unpaired) electrons. The summed E-state index contributed by atoms with van der Waals surface area (Å²) in [7, 11) is 0. The lowest BCUT2D eigenvalue weighted by atomic mass is 9.99. The Morgan fingerprint density at radius 1 is 1.38 bits per heavy atom. The molecule has 2 heterocycles. The van der Waals surface area contributed by atoms with E-state index in [1.54, 1.807) is 18.2 Å². The third-order valence-corrected chi connectivity index (χ3v) is 5.56. The molecule has 0 saturated carbocycles. The molecule has 1 aromatic heterocycles. The van der Waals surface area contributed by atoms with Crippen LogP contribution < -0.4 is 5.32 Å². The maximum absolute atomic E-state index is 12.3. The number of aromatic nitrogens is 1. The van der Waals surface area contributed by atoms with Crippen molar-refractivity contribution in [1.82, 2.24) is 9.88 Å². The van der Waals surface area contributed by atoms with Crippen LogP contribution in [0.25, 0.3) is 0 Å². The summed E-state index contributed by atoms with van der Waals surface area (Å²) in [4.78, 5) is 19.2. The van der Waals surface area contributed by atoms with Crippen molar-refractivity contribution in [2.75, 3.05) is 18.4 Å². The number of thiazole rings is 1. The molecule has 1 aliphatic rings. The zero-order chi connectivity index (χ0) is 17.1. The highest BCUT2D eigenvalue weighted by Crippen LogP contribution is 2.24. The van der Waals surface area contributed by atoms with E-state index < -0.39 is 0 Å². The predicted octanol–water partition coefficient (Wildman–Crippen LogP) is 4.93. The molecule has 3 rings (SSSR count). The smallest absolute Gasteiger partial charge is 0.258 e. The number of anilines is 1. The van der Waals surface area contributed by atoms with Gasteiger partial charge in [0.25, 0.3) is 5.91 Å². The van der Waals surface area contributed by atoms with E-state index in [-0.39, 0.29) is 5.91 Å². The second-order valence-electron chi connectivity index (χ2n) is 6.18. The van der Waals surface area contributed by atoms with Gasteiger partial charge in [0.05, 0.1) is 16.3 Å². The van der Waals surface area contributed by atoms with Crippen LogP contribution in [-0.2, 0) is 6.54 Å². The number of nitrogens with one attached hydrogen (secondary N) is 1. The number of piperidine rings is 1. The van der Waals surface area contributed by atoms with Gasteiger partial charge < -0.3 is 0 Å². The maximum Gasteiger partial charge on any atom is 0.258 e. The topological polar surface area (TPSA) is 45.2 Å². The number of hydrogen-bond donors (Lipinski definition) is 1. The van der Waals surface area contributed by atoms with E-state index >= 15 is 0 Å². The van der Waals surface area contributed by atoms with Gasteiger partial charge in [-0.05, 0) is 50.0 Å². The van der Waals surface area contributed by atoms with Gasteiger partial charge in [-0.3, -0.25) is 15.0 Å². The number of nitrogens with zero attached hydrogens (tertiary/aromatic N) is 2. The molecular formula is C17H19Cl2N3OS. The molecule has 1 N–H and O–H groups in total. The van der Waals surface area contributed by atoms with Gasteiger partial charge >= 0.3 is 0 Å². The third-order valence-electron chi connectivity index (χ3n) is 4.21. The van der Waals surface area contributed by atoms with Crippen LogP contribution in [0, 0.1) is 5.92 Å². The van der Waals surface area contributed by atoms with E-state index in [4.69, 9.17) is 23.2 Å². The molecule has 0 unspecified atom stereocenters. The Hall–Kier alpha value is -1.14. The lowest BCUT2D eigenvalue weighted by Crippen LogP contribution is -2.32. The van der Waals surface area contributed by atoms with E-state index in [0.717, 1.165) is 31.2 Å². The van der Waals surface area contributed by atoms with E-state index in [1.807, 2.05) is 5.38 Å². The SMILES string of the molecule is CC1CCN(Cc2csc(NC(=O)c3ccc(Cl)cc3Cl)n2)CC1. The van der Waals surface area contributed by atoms with Crippen molar-refractivity contribution < 1.29 is 4.79 Å². The first-order chi connectivity index (χ1) is 11.5. The van der Waals surface area contributed by atoms with E-state index in [2.05, 4.69) is 22.1 Å². The standard InChI is InChI=1S/C17H19Cl2N3OS/c1-11-4-6-22(7-5-11)9-13-10-24-17(20-13)21-16(23)14-3-2-12(18)8-15(14)19/h2-3,8,10-11H,4-7,9H2,1H3,(H,20,21,23). The summed E-state index contributed by atoms with van der Waals surface area (Å²) in [5.74, 6) is 0.542. The van der Waals surface area contributed by atoms with Gasteiger partial charge in [-0.1, -0.05) is 30.1 Å². The summed E-state index contributed by atoms with van der Waals surface area (Å²) >= 11 is 13.4. The Bertz CT molecular complexity index is 726. The van der Waals surface area contributed by atoms with Crippen molar-refractivity contribution in [3.8, 4) is 0 Å². The molecule has 1 aliphatic heterocycles. The number of hydrogen-bond acceptors (Lipinski definition) is 4. The third kappa shape index (κ3) is 4.48. The number of benzene rings is 1. The molecule has 24 heavy (non-hydrogen) atoms. The Morgan fingerprint density at radius 2 is 2.12 bits per heavy atom. The highest BCUT2D eigenvalue weighted by atomic mass is 35.5. The number of amides is 1. The normalized spacial score (nSPS) is 16.3. The summed E-state index contributed by atoms with van der Waals surface area (Å²) < 4.78 is 0. The number of rotatable bonds is 4. The second-order valence-corrected chi connectivity index (χ2v) is 7.88. The molecular weight excluding hydrogens is 365 g/mol. The lowest BCUT2D eigenvalue weighted by Gasteiger charge is -2.29. The van der Waals surface area contributed by atoms with Gasteiger partial charge in [0.2, 0.25) is 0 Å². The molecule has 2 aromatic rings. The van der Waals surface area contributed by atoms with Crippen molar-refractivity contribution in [2.45, 2.75) is 26.3 Å². The summed E-state index contributed by atoms with van der Waals surface area (Å²) in [6, 6.07) is 4.82. The molecule has 7 heteroatoms. The van der Waals surface area contributed by atoms with Crippen molar-refractivity contribution in [3.05, 3.63) is 44.9 Å². The second kappa shape index (κ2) is 7.83. The Labute approximate surface area is 155 Å². The molecule has 1 saturated heterocycles. The minimum atomic E-state index is -0.274. The number of carbonyl (C=O) groups excluding carboxylic acids is 1. The van der Waals surface area contributed by atoms with Gasteiger partial charge in [0.15, 0.2) is 5.13 Å². The molecule has 0 bridgehead atoms. The first-order valence-electron chi connectivity index (χ1n) is 7.94. The minimum Gasteiger partial charge on any atom is -0.298 e. The van der Waals surface area contributed by atoms with E-state index in [9.17, 15) is 4.79 Å². The summed E-state index contributed by atoms with van der Waals surface area (Å²) in [5.41, 5.74) is 1.38. The summed E-state index contributed by atoms with van der Waals surface area (Å²) in [6.07, 6.45) is 2.48. The van der Waals surface area contributed by atoms with Crippen LogP contribution in [0.2, 0.25) is 10.0 Å². The van der Waals surface area contributed by atoms with Gasteiger partial charge in [-0.15, -0.1) is 11.3 Å². The minimum absolute atomic E-state index is 0.274. The van der Waals surface area contributed by atoms with Crippen LogP contribution in [0.15, 0.2) is 23.6 Å². The molecule has 0 aliphatic carbocycles. The van der Waals surface area contributed by atoms with Crippen LogP contribution in [0.5, 0.6) is 0 Å². The number of halogens is 2. The Balaban J connectivity index is 1.60. The first kappa shape index (κ1) is 17.7. The van der Waals surface area contributed by atoms with Gasteiger partial charge in [-0.25, -0.2) is 4.98 Å². The average Bonchev–Trinajstić information content (AvgIpc) is 2.96. The van der Waals surface area contributed by atoms with Crippen molar-refractivity contribution in [3.63, 3.8) is 0 Å². The van der Waals surface area contributed by atoms with Crippen LogP contribution in [0.3, 0.4) is 0 Å². The van der Waals surface area contributed by atoms with Crippen LogP contribution in [-0.4, -0.2) is 28.9 Å². The molecule has 1 amide bonds. The van der Waals surface area contributed by atoms with E-state index in [0.29, 0.717) is 20.7 Å². The van der Waals surface area contributed by atoms with Crippen LogP contribution in [0.4, 0.5) is 5.13 Å². The van der Waals surface area contributed by atoms with E-state index in [1.165, 1.54) is 24.2 Å². The molecule has 1 fully saturated rings. The first-order valence-corrected chi connectivity index (χ1v) is 9.58. The largest absolute Gasteiger partial charge is 0.298 e. The average molecular weight is 384 g/mol. The molecule has 4 nitrogen and oxygen atoms in total. The number of carbonyl (C=O) groups is 1. The lowest BCUT2D eigenvalue weighted by molar-refractivity contribution is 0.102. The quantitative estimate of drug-likeness (QED) is 0.813. The predicted molar refractivity (Wildman–Crippen MR) is 100 cm³/mol. The Kier molecular flexibility index (Phi) is 5.76. The van der Waals surface area contributed by atoms with Crippen LogP contribution >= 0.6 is 34.5 Å². The molecule has 0 spiro atoms. The number of likely N-dealkylation sites (tertiary alicyclic amines) is 1. The fraction of sp³-hybridized carbons (Fsp3) is 0.412. The van der Waals surface area contributed by atoms with Crippen LogP contribution in [0.1, 0.15) is 35.8 Å². The molecule has 1 aromatic carbocycles. The molecule has 0 atom stereocenters. The van der Waals surface area contributed by atoms with Crippen molar-refractivity contribution >= 4 is 45.6 Å². The Morgan fingerprint density at radius 3 is 2.83 bits per heavy atom. The van der Waals surface area contributed by atoms with Gasteiger partial charge in [-0.2, -0.15) is 0 Å². The summed E-state index contributed by atoms with van der Waals surface area (Å²) in [5, 5.41) is 6.23. The summed E-state index contributed by atoms with van der Waals surface area (Å²) in [6.45, 7) is 5.36. The van der Waals surface area contributed by atoms with Gasteiger partial charge in [0.1, 0.15) is 0 Å². The van der Waals surface area contributed by atoms with Gasteiger partial charge in [0, 0.05) is 16.9 Å². The van der Waals surface area contributed by atoms with Crippen molar-refractivity contribution in [1.29, 1.82) is 0 Å². The molecule has 128 valence electrons. The highest BCUT2D eigenvalue weighted by molar-refractivity contribution is 7.14. The highest BCUT2D eigenvalue weighted by Gasteiger charge is 2.17.